The van der Waals surface area contributed by atoms with Crippen molar-refractivity contribution >= 4 is 40.5 Å². The second-order valence-electron chi connectivity index (χ2n) is 11.6. The number of hydrogen-bond donors (Lipinski definition) is 3. The third-order valence-corrected chi connectivity index (χ3v) is 9.11. The highest BCUT2D eigenvalue weighted by atomic mass is 35.5. The number of fused-ring (bicyclic) bond motifs is 1. The van der Waals surface area contributed by atoms with Gasteiger partial charge >= 0.3 is 5.97 Å². The van der Waals surface area contributed by atoms with Crippen LogP contribution < -0.4 is 10.1 Å². The molecule has 0 spiro atoms. The van der Waals surface area contributed by atoms with Crippen molar-refractivity contribution in [3.05, 3.63) is 51.9 Å². The van der Waals surface area contributed by atoms with E-state index in [0.717, 1.165) is 13.1 Å². The van der Waals surface area contributed by atoms with Crippen LogP contribution in [0, 0.1) is 0 Å². The first kappa shape index (κ1) is 31.8. The zero-order valence-electron chi connectivity index (χ0n) is 25.0. The van der Waals surface area contributed by atoms with Crippen LogP contribution in [0.5, 0.6) is 5.75 Å². The van der Waals surface area contributed by atoms with Gasteiger partial charge in [0.05, 0.1) is 6.33 Å². The number of aliphatic hydroxyl groups is 1. The number of aromatic nitrogens is 4. The van der Waals surface area contributed by atoms with Crippen molar-refractivity contribution in [2.45, 2.75) is 69.2 Å². The molecular formula is C29H35ClN10O6. The van der Waals surface area contributed by atoms with Crippen molar-refractivity contribution in [3.63, 3.8) is 0 Å². The smallest absolute Gasteiger partial charge is 0.333 e. The maximum Gasteiger partial charge on any atom is 0.333 e. The predicted molar refractivity (Wildman–Crippen MR) is 165 cm³/mol. The van der Waals surface area contributed by atoms with E-state index in [2.05, 4.69) is 35.2 Å². The van der Waals surface area contributed by atoms with Crippen molar-refractivity contribution in [1.29, 1.82) is 0 Å². The Morgan fingerprint density at radius 3 is 2.67 bits per heavy atom. The van der Waals surface area contributed by atoms with Gasteiger partial charge in [0, 0.05) is 54.3 Å². The molecule has 46 heavy (non-hydrogen) atoms. The van der Waals surface area contributed by atoms with E-state index in [4.69, 9.17) is 26.6 Å². The van der Waals surface area contributed by atoms with Gasteiger partial charge in [-0.25, -0.2) is 19.7 Å². The molecule has 17 heteroatoms. The number of carbonyl (C=O) groups is 2. The quantitative estimate of drug-likeness (QED) is 0.165. The summed E-state index contributed by atoms with van der Waals surface area (Å²) in [6.45, 7) is 3.27. The highest BCUT2D eigenvalue weighted by molar-refractivity contribution is 6.30. The third-order valence-electron chi connectivity index (χ3n) is 8.88. The number of aliphatic hydroxyl groups excluding tert-OH is 1. The topological polar surface area (TPSA) is 204 Å². The molecule has 6 rings (SSSR count). The molecule has 4 unspecified atom stereocenters. The normalized spacial score (nSPS) is 24.1. The number of azide groups is 1. The van der Waals surface area contributed by atoms with E-state index in [1.807, 2.05) is 4.90 Å². The number of rotatable bonds is 10. The minimum Gasteiger partial charge on any atom is -0.483 e. The summed E-state index contributed by atoms with van der Waals surface area (Å²) in [5, 5.41) is 27.3. The molecule has 1 amide bonds. The van der Waals surface area contributed by atoms with Crippen molar-refractivity contribution in [2.24, 2.45) is 5.11 Å². The van der Waals surface area contributed by atoms with E-state index in [1.165, 1.54) is 49.3 Å². The molecule has 1 aromatic carbocycles. The third kappa shape index (κ3) is 6.66. The number of carbonyl (C=O) groups excluding carboxylic acids is 1. The van der Waals surface area contributed by atoms with Gasteiger partial charge < -0.3 is 29.9 Å². The minimum atomic E-state index is -1.55. The summed E-state index contributed by atoms with van der Waals surface area (Å²) in [6, 6.07) is 4.44. The van der Waals surface area contributed by atoms with Crippen molar-refractivity contribution in [1.82, 2.24) is 29.3 Å². The monoisotopic (exact) mass is 654 g/mol. The summed E-state index contributed by atoms with van der Waals surface area (Å²) in [5.41, 5.74) is 10.1. The fraction of sp³-hybridized carbons (Fsp3) is 0.552. The highest BCUT2D eigenvalue weighted by Gasteiger charge is 2.48. The molecule has 0 radical (unpaired) electrons. The first-order valence-corrected chi connectivity index (χ1v) is 15.7. The molecule has 4 heterocycles. The lowest BCUT2D eigenvalue weighted by atomic mass is 9.94. The van der Waals surface area contributed by atoms with E-state index in [0.29, 0.717) is 46.8 Å². The molecule has 3 aliphatic rings. The second-order valence-corrected chi connectivity index (χ2v) is 12.1. The number of hydrogen-bond acceptors (Lipinski definition) is 11. The number of carboxylic acids is 1. The Morgan fingerprint density at radius 1 is 1.15 bits per heavy atom. The molecule has 2 saturated heterocycles. The number of nitrogens with one attached hydrogen (secondary N) is 1. The number of amides is 1. The first-order chi connectivity index (χ1) is 22.3. The number of nitrogens with zero attached hydrogens (tertiary/aromatic N) is 9. The van der Waals surface area contributed by atoms with Gasteiger partial charge in [-0.3, -0.25) is 14.3 Å². The number of ether oxygens (including phenoxy) is 2. The van der Waals surface area contributed by atoms with E-state index in [-0.39, 0.29) is 24.7 Å². The first-order valence-electron chi connectivity index (χ1n) is 15.3. The number of imidazole rings is 1. The molecule has 0 bridgehead atoms. The lowest BCUT2D eigenvalue weighted by molar-refractivity contribution is -0.152. The summed E-state index contributed by atoms with van der Waals surface area (Å²) in [6.07, 6.45) is 4.78. The molecule has 244 valence electrons. The molecule has 2 aromatic heterocycles. The molecule has 1 aliphatic carbocycles. The molecule has 3 N–H and O–H groups in total. The molecular weight excluding hydrogens is 620 g/mol. The zero-order chi connectivity index (χ0) is 32.2. The molecule has 3 fully saturated rings. The van der Waals surface area contributed by atoms with Crippen molar-refractivity contribution in [3.8, 4) is 5.75 Å². The van der Waals surface area contributed by atoms with Crippen LogP contribution in [0.3, 0.4) is 0 Å². The van der Waals surface area contributed by atoms with Gasteiger partial charge in [0.1, 0.15) is 24.2 Å². The lowest BCUT2D eigenvalue weighted by Gasteiger charge is -2.40. The molecule has 16 nitrogen and oxygen atoms in total. The average molecular weight is 655 g/mol. The Morgan fingerprint density at radius 2 is 1.93 bits per heavy atom. The van der Waals surface area contributed by atoms with Crippen LogP contribution in [-0.2, 0) is 20.9 Å². The van der Waals surface area contributed by atoms with E-state index < -0.39 is 30.4 Å². The maximum atomic E-state index is 13.0. The van der Waals surface area contributed by atoms with Gasteiger partial charge in [0.15, 0.2) is 35.9 Å². The Hall–Kier alpha value is -4.21. The number of halogens is 1. The fourth-order valence-electron chi connectivity index (χ4n) is 6.47. The van der Waals surface area contributed by atoms with Gasteiger partial charge in [-0.1, -0.05) is 36.0 Å². The van der Waals surface area contributed by atoms with Crippen molar-refractivity contribution in [2.75, 3.05) is 38.1 Å². The van der Waals surface area contributed by atoms with E-state index in [9.17, 15) is 19.8 Å². The van der Waals surface area contributed by atoms with Crippen LogP contribution in [0.4, 0.5) is 5.82 Å². The number of anilines is 1. The standard InChI is InChI=1S/C29H35ClN10O6/c30-18-6-7-20(45-14-21(41)39-10-8-38(9-11-39)19-4-2-1-3-5-19)17(12-18)13-32-26-23-27(34-15-33-26)40(16-35-23)28-24(42)22(36-37-31)25(46-28)29(43)44/h6-7,12,15-16,19,22,24-25,28,42H,1-5,8-11,13-14H2,(H,43,44)(H,32,33,34). The summed E-state index contributed by atoms with van der Waals surface area (Å²) >= 11 is 6.30. The summed E-state index contributed by atoms with van der Waals surface area (Å²) in [5.74, 6) is -0.605. The second kappa shape index (κ2) is 14.1. The van der Waals surface area contributed by atoms with Gasteiger partial charge in [-0.2, -0.15) is 0 Å². The zero-order valence-corrected chi connectivity index (χ0v) is 25.7. The van der Waals surface area contributed by atoms with Crippen molar-refractivity contribution < 1.29 is 29.3 Å². The summed E-state index contributed by atoms with van der Waals surface area (Å²) in [4.78, 5) is 44.6. The molecule has 3 aromatic rings. The number of benzene rings is 1. The van der Waals surface area contributed by atoms with Crippen LogP contribution in [0.15, 0.2) is 36.0 Å². The summed E-state index contributed by atoms with van der Waals surface area (Å²) in [7, 11) is 0. The Kier molecular flexibility index (Phi) is 9.70. The minimum absolute atomic E-state index is 0.0654. The number of piperazine rings is 1. The fourth-order valence-corrected chi connectivity index (χ4v) is 6.66. The number of aliphatic carboxylic acids is 1. The number of carboxylic acid groups (broad SMARTS) is 1. The average Bonchev–Trinajstić information content (AvgIpc) is 3.65. The molecule has 2 aliphatic heterocycles. The van der Waals surface area contributed by atoms with E-state index in [1.54, 1.807) is 18.2 Å². The molecule has 4 atom stereocenters. The molecule has 1 saturated carbocycles. The SMILES string of the molecule is [N-]=[N+]=NC1C(C(=O)O)OC(n2cnc3c(NCc4cc(Cl)ccc4OCC(=O)N4CCN(C5CCCCC5)CC4)ncnc32)C1O. The van der Waals surface area contributed by atoms with E-state index >= 15 is 0 Å². The summed E-state index contributed by atoms with van der Waals surface area (Å²) < 4.78 is 12.9. The highest BCUT2D eigenvalue weighted by Crippen LogP contribution is 2.34. The van der Waals surface area contributed by atoms with Gasteiger partial charge in [-0.15, -0.1) is 0 Å². The van der Waals surface area contributed by atoms with Gasteiger partial charge in [0.25, 0.3) is 5.91 Å². The Labute approximate surface area is 268 Å². The van der Waals surface area contributed by atoms with Crippen LogP contribution in [0.2, 0.25) is 5.02 Å². The van der Waals surface area contributed by atoms with Gasteiger partial charge in [0.2, 0.25) is 0 Å². The largest absolute Gasteiger partial charge is 0.483 e. The van der Waals surface area contributed by atoms with Crippen LogP contribution in [0.25, 0.3) is 21.6 Å². The Bertz CT molecular complexity index is 1620. The van der Waals surface area contributed by atoms with Crippen LogP contribution in [-0.4, -0.2) is 108 Å². The Balaban J connectivity index is 1.10. The maximum absolute atomic E-state index is 13.0. The van der Waals surface area contributed by atoms with Gasteiger partial charge in [-0.05, 0) is 36.6 Å². The lowest BCUT2D eigenvalue weighted by Crippen LogP contribution is -2.53. The van der Waals surface area contributed by atoms with Crippen LogP contribution in [0.1, 0.15) is 43.9 Å². The van der Waals surface area contributed by atoms with Crippen LogP contribution >= 0.6 is 11.6 Å². The predicted octanol–water partition coefficient (Wildman–Crippen LogP) is 2.97.